The highest BCUT2D eigenvalue weighted by Gasteiger charge is 2.41. The molecule has 332 valence electrons. The van der Waals surface area contributed by atoms with E-state index in [1.165, 1.54) is 13.2 Å². The van der Waals surface area contributed by atoms with Crippen LogP contribution in [0.15, 0.2) is 60.9 Å². The van der Waals surface area contributed by atoms with E-state index in [2.05, 4.69) is 53.6 Å². The molecule has 21 heteroatoms. The zero-order valence-corrected chi connectivity index (χ0v) is 37.1. The van der Waals surface area contributed by atoms with Gasteiger partial charge < -0.3 is 50.6 Å². The predicted octanol–water partition coefficient (Wildman–Crippen LogP) is 6.17. The summed E-state index contributed by atoms with van der Waals surface area (Å²) in [6, 6.07) is 18.5. The summed E-state index contributed by atoms with van der Waals surface area (Å²) in [7, 11) is 3.04. The van der Waals surface area contributed by atoms with Gasteiger partial charge in [-0.2, -0.15) is 15.5 Å². The van der Waals surface area contributed by atoms with E-state index >= 15 is 0 Å². The number of hydrogen-bond acceptors (Lipinski definition) is 19. The number of methoxy groups -OCH3 is 2. The number of nitriles is 2. The number of aromatic nitrogens is 7. The SMILES string of the molecule is COCCNc1nc(OCN2CC(C)(CO)c3cc(-c4ccnc(Nc5cc(Cl)nnc5OC)n4)cc(C#N)c32)c(Nc2nccc(-c3cc(C#N)c4c(c3)[C@@](C)(CO)CN4)n2)cc1Cl. The number of nitrogens with zero attached hydrogens (tertiary/aromatic N) is 10. The Hall–Kier alpha value is -7.13. The van der Waals surface area contributed by atoms with Gasteiger partial charge in [0.1, 0.15) is 29.3 Å². The van der Waals surface area contributed by atoms with Crippen LogP contribution in [0.1, 0.15) is 36.1 Å². The molecule has 0 saturated heterocycles. The molecule has 6 N–H and O–H groups in total. The molecule has 6 aromatic rings. The predicted molar refractivity (Wildman–Crippen MR) is 244 cm³/mol. The quantitative estimate of drug-likeness (QED) is 0.0593. The van der Waals surface area contributed by atoms with Crippen LogP contribution in [0.2, 0.25) is 10.2 Å². The Morgan fingerprint density at radius 2 is 1.46 bits per heavy atom. The molecule has 2 aliphatic rings. The largest absolute Gasteiger partial charge is 0.478 e. The maximum atomic E-state index is 10.9. The number of aliphatic hydroxyl groups excluding tert-OH is 2. The van der Waals surface area contributed by atoms with Crippen LogP contribution in [0.3, 0.4) is 0 Å². The molecule has 8 rings (SSSR count). The first-order valence-corrected chi connectivity index (χ1v) is 20.9. The summed E-state index contributed by atoms with van der Waals surface area (Å²) in [5.74, 6) is 1.08. The zero-order chi connectivity index (χ0) is 45.9. The lowest BCUT2D eigenvalue weighted by Crippen LogP contribution is -2.36. The van der Waals surface area contributed by atoms with Gasteiger partial charge in [0, 0.05) is 67.2 Å². The van der Waals surface area contributed by atoms with E-state index in [0.717, 1.165) is 5.56 Å². The number of halogens is 2. The Morgan fingerprint density at radius 3 is 2.09 bits per heavy atom. The van der Waals surface area contributed by atoms with Gasteiger partial charge >= 0.3 is 0 Å². The van der Waals surface area contributed by atoms with Crippen molar-refractivity contribution in [3.63, 3.8) is 0 Å². The van der Waals surface area contributed by atoms with Gasteiger partial charge in [0.2, 0.25) is 17.8 Å². The molecule has 65 heavy (non-hydrogen) atoms. The third-order valence-corrected chi connectivity index (χ3v) is 11.7. The number of hydrogen-bond donors (Lipinski definition) is 6. The van der Waals surface area contributed by atoms with E-state index < -0.39 is 10.8 Å². The maximum Gasteiger partial charge on any atom is 0.257 e. The smallest absolute Gasteiger partial charge is 0.257 e. The first kappa shape index (κ1) is 44.5. The number of benzene rings is 2. The van der Waals surface area contributed by atoms with Crippen LogP contribution in [0.25, 0.3) is 22.5 Å². The first-order valence-electron chi connectivity index (χ1n) is 20.1. The number of pyridine rings is 1. The molecular formula is C44H42Cl2N14O5. The molecule has 1 unspecified atom stereocenters. The summed E-state index contributed by atoms with van der Waals surface area (Å²) >= 11 is 12.8. The van der Waals surface area contributed by atoms with Crippen LogP contribution in [0.5, 0.6) is 11.8 Å². The topological polar surface area (TPSA) is 257 Å². The summed E-state index contributed by atoms with van der Waals surface area (Å²) in [4.78, 5) is 24.9. The lowest BCUT2D eigenvalue weighted by Gasteiger charge is -2.25. The monoisotopic (exact) mass is 916 g/mol. The fourth-order valence-corrected chi connectivity index (χ4v) is 8.13. The Kier molecular flexibility index (Phi) is 12.7. The Labute approximate surface area is 383 Å². The van der Waals surface area contributed by atoms with Gasteiger partial charge in [-0.3, -0.25) is 0 Å². The normalized spacial score (nSPS) is 17.0. The molecule has 0 bridgehead atoms. The van der Waals surface area contributed by atoms with Crippen molar-refractivity contribution in [3.05, 3.63) is 93.4 Å². The van der Waals surface area contributed by atoms with E-state index in [-0.39, 0.29) is 53.8 Å². The molecule has 0 amide bonds. The van der Waals surface area contributed by atoms with Gasteiger partial charge in [-0.15, -0.1) is 10.2 Å². The molecule has 2 aliphatic heterocycles. The summed E-state index contributed by atoms with van der Waals surface area (Å²) in [6.07, 6.45) is 3.16. The number of nitrogens with one attached hydrogen (secondary N) is 4. The highest BCUT2D eigenvalue weighted by Crippen LogP contribution is 2.46. The van der Waals surface area contributed by atoms with Gasteiger partial charge in [-0.1, -0.05) is 37.0 Å². The number of rotatable bonds is 16. The van der Waals surface area contributed by atoms with Crippen molar-refractivity contribution in [3.8, 4) is 46.4 Å². The van der Waals surface area contributed by atoms with Gasteiger partial charge in [0.05, 0.1) is 65.8 Å². The average Bonchev–Trinajstić information content (AvgIpc) is 3.82. The van der Waals surface area contributed by atoms with Crippen LogP contribution in [0.4, 0.5) is 40.5 Å². The van der Waals surface area contributed by atoms with Crippen LogP contribution in [0, 0.1) is 22.7 Å². The molecule has 0 saturated carbocycles. The second-order valence-corrected chi connectivity index (χ2v) is 16.6. The summed E-state index contributed by atoms with van der Waals surface area (Å²) in [6.45, 7) is 5.00. The number of ether oxygens (including phenoxy) is 3. The second-order valence-electron chi connectivity index (χ2n) is 15.8. The Balaban J connectivity index is 1.10. The van der Waals surface area contributed by atoms with Crippen molar-refractivity contribution in [2.45, 2.75) is 24.7 Å². The van der Waals surface area contributed by atoms with Gasteiger partial charge in [-0.05, 0) is 53.6 Å². The molecule has 6 heterocycles. The van der Waals surface area contributed by atoms with Gasteiger partial charge in [0.15, 0.2) is 11.9 Å². The van der Waals surface area contributed by atoms with Crippen LogP contribution < -0.4 is 35.6 Å². The van der Waals surface area contributed by atoms with Crippen molar-refractivity contribution < 1.29 is 24.4 Å². The van der Waals surface area contributed by atoms with Crippen LogP contribution in [-0.2, 0) is 15.6 Å². The molecule has 2 aromatic carbocycles. The van der Waals surface area contributed by atoms with E-state index in [0.29, 0.717) is 94.0 Å². The molecule has 0 aliphatic carbocycles. The Bertz CT molecular complexity index is 2880. The van der Waals surface area contributed by atoms with Crippen LogP contribution in [-0.4, -0.2) is 106 Å². The zero-order valence-electron chi connectivity index (χ0n) is 35.6. The average molecular weight is 918 g/mol. The summed E-state index contributed by atoms with van der Waals surface area (Å²) in [5, 5.41) is 62.6. The fourth-order valence-electron chi connectivity index (χ4n) is 7.77. The highest BCUT2D eigenvalue weighted by molar-refractivity contribution is 6.33. The number of fused-ring (bicyclic) bond motifs is 2. The number of anilines is 7. The van der Waals surface area contributed by atoms with E-state index in [1.807, 2.05) is 30.9 Å². The van der Waals surface area contributed by atoms with E-state index in [9.17, 15) is 20.7 Å². The van der Waals surface area contributed by atoms with Crippen molar-refractivity contribution in [1.29, 1.82) is 10.5 Å². The summed E-state index contributed by atoms with van der Waals surface area (Å²) in [5.41, 5.74) is 5.25. The molecular weight excluding hydrogens is 875 g/mol. The molecule has 19 nitrogen and oxygen atoms in total. The minimum atomic E-state index is -0.815. The van der Waals surface area contributed by atoms with E-state index in [1.54, 1.807) is 49.8 Å². The maximum absolute atomic E-state index is 10.9. The van der Waals surface area contributed by atoms with Gasteiger partial charge in [0.25, 0.3) is 5.88 Å². The van der Waals surface area contributed by atoms with Crippen molar-refractivity contribution in [2.24, 2.45) is 0 Å². The van der Waals surface area contributed by atoms with Crippen LogP contribution >= 0.6 is 23.2 Å². The molecule has 0 radical (unpaired) electrons. The van der Waals surface area contributed by atoms with Crippen molar-refractivity contribution in [2.75, 3.05) is 86.6 Å². The molecule has 2 atom stereocenters. The molecule has 0 spiro atoms. The Morgan fingerprint density at radius 1 is 0.815 bits per heavy atom. The summed E-state index contributed by atoms with van der Waals surface area (Å²) < 4.78 is 17.0. The minimum absolute atomic E-state index is 0.0893. The molecule has 4 aromatic heterocycles. The third-order valence-electron chi connectivity index (χ3n) is 11.2. The number of aliphatic hydroxyl groups is 2. The van der Waals surface area contributed by atoms with Crippen molar-refractivity contribution >= 4 is 63.7 Å². The second kappa shape index (κ2) is 18.5. The van der Waals surface area contributed by atoms with E-state index in [4.69, 9.17) is 52.4 Å². The van der Waals surface area contributed by atoms with Crippen molar-refractivity contribution in [1.82, 2.24) is 35.1 Å². The standard InChI is InChI=1S/C44H42Cl2N14O5/c1-43(21-61)19-52-36-26(17-47)11-24(13-28(36)43)31-5-7-50-41(53-31)55-33-15-30(45)38(49-9-10-63-3)57-39(33)65-23-60-20-44(2,22-62)29-14-25(12-27(18-48)37(29)60)32-6-8-51-42(54-32)56-34-16-35(46)58-59-40(34)64-4/h5-8,11-16,52,61-62H,9-10,19-23H2,1-4H3,(H,49,57)(H,50,53,55)(H,51,54,56,58)/t43-,44?/m1/s1. The molecule has 0 fully saturated rings. The highest BCUT2D eigenvalue weighted by atomic mass is 35.5. The third kappa shape index (κ3) is 8.88. The van der Waals surface area contributed by atoms with Gasteiger partial charge in [-0.25, -0.2) is 19.9 Å². The first-order chi connectivity index (χ1) is 31.4. The minimum Gasteiger partial charge on any atom is -0.478 e. The fraction of sp³-hybridized carbons (Fsp3) is 0.295. The lowest BCUT2D eigenvalue weighted by molar-refractivity contribution is 0.209. The lowest BCUT2D eigenvalue weighted by atomic mass is 9.83.